The van der Waals surface area contributed by atoms with E-state index in [1.807, 2.05) is 13.0 Å². The largest absolute Gasteiger partial charge is 0.319 e. The van der Waals surface area contributed by atoms with Crippen LogP contribution in [0.25, 0.3) is 0 Å². The van der Waals surface area contributed by atoms with E-state index in [0.29, 0.717) is 30.0 Å². The van der Waals surface area contributed by atoms with Crippen LogP contribution in [0.4, 0.5) is 10.1 Å². The van der Waals surface area contributed by atoms with Crippen molar-refractivity contribution in [3.8, 4) is 0 Å². The molecule has 2 aromatic heterocycles. The number of aromatic nitrogens is 4. The van der Waals surface area contributed by atoms with Gasteiger partial charge in [-0.1, -0.05) is 12.1 Å². The second kappa shape index (κ2) is 6.66. The number of anilines is 1. The zero-order valence-electron chi connectivity index (χ0n) is 13.5. The lowest BCUT2D eigenvalue weighted by Crippen LogP contribution is -2.12. The van der Waals surface area contributed by atoms with Crippen LogP contribution in [0, 0.1) is 12.7 Å². The van der Waals surface area contributed by atoms with Crippen LogP contribution in [-0.2, 0) is 13.1 Å². The highest BCUT2D eigenvalue weighted by molar-refractivity contribution is 6.04. The minimum absolute atomic E-state index is 0.225. The summed E-state index contributed by atoms with van der Waals surface area (Å²) in [4.78, 5) is 12.3. The molecule has 0 unspecified atom stereocenters. The van der Waals surface area contributed by atoms with E-state index < -0.39 is 0 Å². The Labute approximate surface area is 138 Å². The third-order valence-corrected chi connectivity index (χ3v) is 3.64. The van der Waals surface area contributed by atoms with Crippen molar-refractivity contribution in [1.82, 2.24) is 19.6 Å². The lowest BCUT2D eigenvalue weighted by Gasteiger charge is -2.02. The van der Waals surface area contributed by atoms with Crippen molar-refractivity contribution < 1.29 is 9.18 Å². The lowest BCUT2D eigenvalue weighted by atomic mass is 10.2. The van der Waals surface area contributed by atoms with Gasteiger partial charge in [0.1, 0.15) is 5.82 Å². The Morgan fingerprint density at radius 2 is 2.12 bits per heavy atom. The number of rotatable bonds is 5. The first-order valence-corrected chi connectivity index (χ1v) is 7.67. The molecule has 0 fully saturated rings. The summed E-state index contributed by atoms with van der Waals surface area (Å²) >= 11 is 0. The molecule has 124 valence electrons. The minimum atomic E-state index is -0.281. The SMILES string of the molecule is CCn1cc(C(=O)Nc2cnn(Cc3cccc(F)c3)c2)c(C)n1. The number of benzene rings is 1. The Bertz CT molecular complexity index is 868. The molecule has 0 radical (unpaired) electrons. The second-order valence-corrected chi connectivity index (χ2v) is 5.49. The predicted octanol–water partition coefficient (Wildman–Crippen LogP) is 2.85. The summed E-state index contributed by atoms with van der Waals surface area (Å²) in [6, 6.07) is 6.34. The Morgan fingerprint density at radius 3 is 2.83 bits per heavy atom. The van der Waals surface area contributed by atoms with Crippen molar-refractivity contribution in [3.63, 3.8) is 0 Å². The molecule has 3 aromatic rings. The summed E-state index contributed by atoms with van der Waals surface area (Å²) < 4.78 is 16.6. The van der Waals surface area contributed by atoms with Crippen molar-refractivity contribution >= 4 is 11.6 Å². The number of nitrogens with one attached hydrogen (secondary N) is 1. The second-order valence-electron chi connectivity index (χ2n) is 5.49. The normalized spacial score (nSPS) is 10.8. The van der Waals surface area contributed by atoms with Gasteiger partial charge in [-0.05, 0) is 31.5 Å². The van der Waals surface area contributed by atoms with E-state index in [9.17, 15) is 9.18 Å². The summed E-state index contributed by atoms with van der Waals surface area (Å²) in [5.41, 5.74) is 2.60. The Morgan fingerprint density at radius 1 is 1.29 bits per heavy atom. The molecule has 0 bridgehead atoms. The van der Waals surface area contributed by atoms with E-state index in [2.05, 4.69) is 15.5 Å². The molecule has 0 atom stereocenters. The molecule has 1 amide bonds. The molecule has 0 spiro atoms. The monoisotopic (exact) mass is 327 g/mol. The quantitative estimate of drug-likeness (QED) is 0.784. The van der Waals surface area contributed by atoms with Gasteiger partial charge in [-0.2, -0.15) is 10.2 Å². The highest BCUT2D eigenvalue weighted by Gasteiger charge is 2.14. The van der Waals surface area contributed by atoms with Crippen molar-refractivity contribution in [2.75, 3.05) is 5.32 Å². The number of aryl methyl sites for hydroxylation is 2. The fraction of sp³-hybridized carbons (Fsp3) is 0.235. The maximum Gasteiger partial charge on any atom is 0.259 e. The van der Waals surface area contributed by atoms with E-state index >= 15 is 0 Å². The molecule has 0 saturated carbocycles. The third-order valence-electron chi connectivity index (χ3n) is 3.64. The van der Waals surface area contributed by atoms with Crippen LogP contribution in [0.3, 0.4) is 0 Å². The predicted molar refractivity (Wildman–Crippen MR) is 88.3 cm³/mol. The smallest absolute Gasteiger partial charge is 0.259 e. The van der Waals surface area contributed by atoms with Crippen LogP contribution in [0.1, 0.15) is 28.5 Å². The first kappa shape index (κ1) is 15.9. The zero-order chi connectivity index (χ0) is 17.1. The van der Waals surface area contributed by atoms with Gasteiger partial charge in [-0.25, -0.2) is 4.39 Å². The molecule has 24 heavy (non-hydrogen) atoms. The van der Waals surface area contributed by atoms with Crippen LogP contribution >= 0.6 is 0 Å². The molecular weight excluding hydrogens is 309 g/mol. The Kier molecular flexibility index (Phi) is 4.41. The van der Waals surface area contributed by atoms with Crippen LogP contribution in [0.15, 0.2) is 42.9 Å². The van der Waals surface area contributed by atoms with Crippen molar-refractivity contribution in [1.29, 1.82) is 0 Å². The van der Waals surface area contributed by atoms with E-state index in [0.717, 1.165) is 5.56 Å². The van der Waals surface area contributed by atoms with Crippen LogP contribution < -0.4 is 5.32 Å². The average Bonchev–Trinajstić information content (AvgIpc) is 3.13. The number of halogens is 1. The van der Waals surface area contributed by atoms with Gasteiger partial charge in [0.15, 0.2) is 0 Å². The van der Waals surface area contributed by atoms with Crippen LogP contribution in [0.5, 0.6) is 0 Å². The third kappa shape index (κ3) is 3.51. The summed E-state index contributed by atoms with van der Waals surface area (Å²) in [5, 5.41) is 11.3. The highest BCUT2D eigenvalue weighted by Crippen LogP contribution is 2.12. The Hall–Kier alpha value is -2.96. The van der Waals surface area contributed by atoms with Crippen molar-refractivity contribution in [2.24, 2.45) is 0 Å². The minimum Gasteiger partial charge on any atom is -0.319 e. The number of hydrogen-bond donors (Lipinski definition) is 1. The van der Waals surface area contributed by atoms with E-state index in [1.54, 1.807) is 40.9 Å². The molecule has 1 N–H and O–H groups in total. The molecule has 7 heteroatoms. The highest BCUT2D eigenvalue weighted by atomic mass is 19.1. The fourth-order valence-corrected chi connectivity index (χ4v) is 2.44. The topological polar surface area (TPSA) is 64.7 Å². The van der Waals surface area contributed by atoms with Gasteiger partial charge in [0.2, 0.25) is 0 Å². The van der Waals surface area contributed by atoms with Gasteiger partial charge in [-0.15, -0.1) is 0 Å². The zero-order valence-corrected chi connectivity index (χ0v) is 13.5. The molecule has 3 rings (SSSR count). The molecule has 0 aliphatic heterocycles. The lowest BCUT2D eigenvalue weighted by molar-refractivity contribution is 0.102. The average molecular weight is 327 g/mol. The molecule has 1 aromatic carbocycles. The molecule has 0 saturated heterocycles. The molecule has 0 aliphatic rings. The molecule has 0 aliphatic carbocycles. The summed E-state index contributed by atoms with van der Waals surface area (Å²) in [5.74, 6) is -0.505. The maximum atomic E-state index is 13.2. The van der Waals surface area contributed by atoms with Crippen LogP contribution in [-0.4, -0.2) is 25.5 Å². The Balaban J connectivity index is 1.69. The first-order chi connectivity index (χ1) is 11.5. The van der Waals surface area contributed by atoms with Crippen molar-refractivity contribution in [3.05, 3.63) is 65.5 Å². The number of carbonyl (C=O) groups excluding carboxylic acids is 1. The van der Waals surface area contributed by atoms with Gasteiger partial charge >= 0.3 is 0 Å². The summed E-state index contributed by atoms with van der Waals surface area (Å²) in [7, 11) is 0. The fourth-order valence-electron chi connectivity index (χ4n) is 2.44. The number of carbonyl (C=O) groups is 1. The summed E-state index contributed by atoms with van der Waals surface area (Å²) in [6.07, 6.45) is 5.00. The van der Waals surface area contributed by atoms with E-state index in [4.69, 9.17) is 0 Å². The van der Waals surface area contributed by atoms with Gasteiger partial charge in [0.05, 0.1) is 29.7 Å². The molecule has 6 nitrogen and oxygen atoms in total. The van der Waals surface area contributed by atoms with Gasteiger partial charge < -0.3 is 5.32 Å². The maximum absolute atomic E-state index is 13.2. The number of amides is 1. The standard InChI is InChI=1S/C17H18FN5O/c1-3-22-11-16(12(2)21-22)17(24)20-15-8-19-23(10-15)9-13-5-4-6-14(18)7-13/h4-8,10-11H,3,9H2,1-2H3,(H,20,24). The van der Waals surface area contributed by atoms with Gasteiger partial charge in [-0.3, -0.25) is 14.2 Å². The van der Waals surface area contributed by atoms with Gasteiger partial charge in [0.25, 0.3) is 5.91 Å². The molecule has 2 heterocycles. The molecular formula is C17H18FN5O. The van der Waals surface area contributed by atoms with E-state index in [1.165, 1.54) is 12.1 Å². The van der Waals surface area contributed by atoms with Crippen LogP contribution in [0.2, 0.25) is 0 Å². The summed E-state index contributed by atoms with van der Waals surface area (Å²) in [6.45, 7) is 4.90. The number of hydrogen-bond acceptors (Lipinski definition) is 3. The van der Waals surface area contributed by atoms with E-state index in [-0.39, 0.29) is 11.7 Å². The number of nitrogens with zero attached hydrogens (tertiary/aromatic N) is 4. The first-order valence-electron chi connectivity index (χ1n) is 7.67. The van der Waals surface area contributed by atoms with Gasteiger partial charge in [0, 0.05) is 18.9 Å². The van der Waals surface area contributed by atoms with Crippen molar-refractivity contribution in [2.45, 2.75) is 26.9 Å².